The Labute approximate surface area is 193 Å². The molecule has 0 aliphatic heterocycles. The number of carbonyl (C=O) groups excluding carboxylic acids is 1. The van der Waals surface area contributed by atoms with Crippen LogP contribution in [0.1, 0.15) is 23.6 Å². The second-order valence-electron chi connectivity index (χ2n) is 7.57. The number of sulfonamides is 1. The van der Waals surface area contributed by atoms with Gasteiger partial charge in [0.1, 0.15) is 5.75 Å². The number of amides is 1. The van der Waals surface area contributed by atoms with Crippen LogP contribution in [-0.2, 0) is 14.8 Å². The minimum atomic E-state index is -3.75. The molecule has 0 bridgehead atoms. The van der Waals surface area contributed by atoms with Gasteiger partial charge in [-0.15, -0.1) is 0 Å². The molecule has 1 amide bonds. The van der Waals surface area contributed by atoms with Crippen LogP contribution in [0.2, 0.25) is 5.02 Å². The zero-order chi connectivity index (χ0) is 23.5. The molecule has 0 aromatic heterocycles. The first kappa shape index (κ1) is 23.6. The molecule has 0 spiro atoms. The highest BCUT2D eigenvalue weighted by Gasteiger charge is 2.18. The SMILES string of the molecule is Cc1ccccc1NS(=O)(=O)c1ccc(NC(=O)[C@@H](C)Oc2cc(C)c(Cl)c(C)c2)cc1. The highest BCUT2D eigenvalue weighted by molar-refractivity contribution is 7.92. The average Bonchev–Trinajstić information content (AvgIpc) is 2.74. The first-order chi connectivity index (χ1) is 15.1. The first-order valence-corrected chi connectivity index (χ1v) is 11.9. The van der Waals surface area contributed by atoms with Crippen LogP contribution in [0, 0.1) is 20.8 Å². The van der Waals surface area contributed by atoms with Crippen LogP contribution in [0.25, 0.3) is 0 Å². The van der Waals surface area contributed by atoms with Crippen LogP contribution in [0.4, 0.5) is 11.4 Å². The molecule has 1 atom stereocenters. The monoisotopic (exact) mass is 472 g/mol. The van der Waals surface area contributed by atoms with Gasteiger partial charge in [-0.1, -0.05) is 29.8 Å². The third-order valence-corrected chi connectivity index (χ3v) is 6.89. The highest BCUT2D eigenvalue weighted by Crippen LogP contribution is 2.27. The number of rotatable bonds is 7. The van der Waals surface area contributed by atoms with Crippen molar-refractivity contribution in [3.63, 3.8) is 0 Å². The van der Waals surface area contributed by atoms with Gasteiger partial charge in [-0.2, -0.15) is 0 Å². The Hall–Kier alpha value is -3.03. The maximum absolute atomic E-state index is 12.6. The number of benzene rings is 3. The zero-order valence-electron chi connectivity index (χ0n) is 18.3. The maximum Gasteiger partial charge on any atom is 0.265 e. The van der Waals surface area contributed by atoms with Crippen LogP contribution >= 0.6 is 11.6 Å². The summed E-state index contributed by atoms with van der Waals surface area (Å²) < 4.78 is 33.6. The Morgan fingerprint density at radius 3 is 2.12 bits per heavy atom. The van der Waals surface area contributed by atoms with Gasteiger partial charge in [0.15, 0.2) is 6.10 Å². The molecular formula is C24H25ClN2O4S. The van der Waals surface area contributed by atoms with Gasteiger partial charge in [-0.3, -0.25) is 9.52 Å². The van der Waals surface area contributed by atoms with Crippen LogP contribution in [0.3, 0.4) is 0 Å². The summed E-state index contributed by atoms with van der Waals surface area (Å²) in [4.78, 5) is 12.6. The molecule has 3 rings (SSSR count). The average molecular weight is 473 g/mol. The number of hydrogen-bond acceptors (Lipinski definition) is 4. The van der Waals surface area contributed by atoms with Gasteiger partial charge in [0.05, 0.1) is 10.6 Å². The van der Waals surface area contributed by atoms with Gasteiger partial charge in [-0.05, 0) is 86.8 Å². The van der Waals surface area contributed by atoms with Gasteiger partial charge < -0.3 is 10.1 Å². The van der Waals surface area contributed by atoms with Crippen LogP contribution in [0.15, 0.2) is 65.6 Å². The van der Waals surface area contributed by atoms with E-state index in [1.807, 2.05) is 32.9 Å². The predicted octanol–water partition coefficient (Wildman–Crippen LogP) is 5.47. The smallest absolute Gasteiger partial charge is 0.265 e. The molecular weight excluding hydrogens is 448 g/mol. The van der Waals surface area contributed by atoms with Gasteiger partial charge in [0.25, 0.3) is 15.9 Å². The van der Waals surface area contributed by atoms with Crippen molar-refractivity contribution in [2.45, 2.75) is 38.7 Å². The molecule has 0 aliphatic carbocycles. The lowest BCUT2D eigenvalue weighted by molar-refractivity contribution is -0.122. The number of aryl methyl sites for hydroxylation is 3. The maximum atomic E-state index is 12.6. The highest BCUT2D eigenvalue weighted by atomic mass is 35.5. The third-order valence-electron chi connectivity index (χ3n) is 4.91. The fourth-order valence-corrected chi connectivity index (χ4v) is 4.32. The van der Waals surface area contributed by atoms with Crippen molar-refractivity contribution in [3.05, 3.63) is 82.4 Å². The fraction of sp³-hybridized carbons (Fsp3) is 0.208. The Balaban J connectivity index is 1.66. The van der Waals surface area contributed by atoms with E-state index < -0.39 is 16.1 Å². The lowest BCUT2D eigenvalue weighted by Crippen LogP contribution is -2.30. The number of ether oxygens (including phenoxy) is 1. The summed E-state index contributed by atoms with van der Waals surface area (Å²) in [5.41, 5.74) is 3.53. The molecule has 3 aromatic rings. The second-order valence-corrected chi connectivity index (χ2v) is 9.63. The normalized spacial score (nSPS) is 12.2. The van der Waals surface area contributed by atoms with Crippen molar-refractivity contribution in [3.8, 4) is 5.75 Å². The zero-order valence-corrected chi connectivity index (χ0v) is 19.8. The minimum Gasteiger partial charge on any atom is -0.481 e. The molecule has 0 saturated carbocycles. The summed E-state index contributed by atoms with van der Waals surface area (Å²) >= 11 is 6.17. The van der Waals surface area contributed by atoms with Crippen molar-refractivity contribution in [1.82, 2.24) is 0 Å². The lowest BCUT2D eigenvalue weighted by atomic mass is 10.1. The van der Waals surface area contributed by atoms with Crippen LogP contribution in [-0.4, -0.2) is 20.4 Å². The summed E-state index contributed by atoms with van der Waals surface area (Å²) in [6.07, 6.45) is -0.763. The fourth-order valence-electron chi connectivity index (χ4n) is 3.08. The Morgan fingerprint density at radius 1 is 0.938 bits per heavy atom. The van der Waals surface area contributed by atoms with Crippen LogP contribution in [0.5, 0.6) is 5.75 Å². The van der Waals surface area contributed by atoms with Gasteiger partial charge in [0, 0.05) is 10.7 Å². The predicted molar refractivity (Wildman–Crippen MR) is 128 cm³/mol. The largest absolute Gasteiger partial charge is 0.481 e. The molecule has 0 saturated heterocycles. The molecule has 0 radical (unpaired) electrons. The van der Waals surface area contributed by atoms with E-state index in [1.165, 1.54) is 24.3 Å². The number of anilines is 2. The van der Waals surface area contributed by atoms with E-state index >= 15 is 0 Å². The molecule has 6 nitrogen and oxygen atoms in total. The third kappa shape index (κ3) is 5.60. The number of halogens is 1. The first-order valence-electron chi connectivity index (χ1n) is 9.99. The van der Waals surface area contributed by atoms with Crippen molar-refractivity contribution >= 4 is 38.9 Å². The molecule has 0 fully saturated rings. The van der Waals surface area contributed by atoms with E-state index in [2.05, 4.69) is 10.0 Å². The number of carbonyl (C=O) groups is 1. The standard InChI is InChI=1S/C24H25ClN2O4S/c1-15-7-5-6-8-22(15)27-32(29,30)21-11-9-19(10-12-21)26-24(28)18(4)31-20-13-16(2)23(25)17(3)14-20/h5-14,18,27H,1-4H3,(H,26,28)/t18-/m1/s1. The van der Waals surface area contributed by atoms with Gasteiger partial charge in [-0.25, -0.2) is 8.42 Å². The molecule has 2 N–H and O–H groups in total. The number of hydrogen-bond donors (Lipinski definition) is 2. The van der Waals surface area contributed by atoms with Crippen molar-refractivity contribution in [2.75, 3.05) is 10.0 Å². The van der Waals surface area contributed by atoms with Crippen molar-refractivity contribution in [1.29, 1.82) is 0 Å². The molecule has 168 valence electrons. The number of nitrogens with one attached hydrogen (secondary N) is 2. The Morgan fingerprint density at radius 2 is 1.53 bits per heavy atom. The Bertz CT molecular complexity index is 1220. The molecule has 0 unspecified atom stereocenters. The summed E-state index contributed by atoms with van der Waals surface area (Å²) in [5.74, 6) is 0.194. The van der Waals surface area contributed by atoms with E-state index in [9.17, 15) is 13.2 Å². The van der Waals surface area contributed by atoms with E-state index in [-0.39, 0.29) is 10.8 Å². The summed E-state index contributed by atoms with van der Waals surface area (Å²) in [6, 6.07) is 16.6. The molecule has 3 aromatic carbocycles. The molecule has 0 heterocycles. The quantitative estimate of drug-likeness (QED) is 0.477. The topological polar surface area (TPSA) is 84.5 Å². The van der Waals surface area contributed by atoms with E-state index in [1.54, 1.807) is 31.2 Å². The second kappa shape index (κ2) is 9.63. The molecule has 32 heavy (non-hydrogen) atoms. The van der Waals surface area contributed by atoms with Crippen LogP contribution < -0.4 is 14.8 Å². The molecule has 0 aliphatic rings. The lowest BCUT2D eigenvalue weighted by Gasteiger charge is -2.16. The Kier molecular flexibility index (Phi) is 7.11. The summed E-state index contributed by atoms with van der Waals surface area (Å²) in [6.45, 7) is 7.21. The minimum absolute atomic E-state index is 0.0927. The summed E-state index contributed by atoms with van der Waals surface area (Å²) in [7, 11) is -3.75. The van der Waals surface area contributed by atoms with Crippen molar-refractivity contribution in [2.24, 2.45) is 0 Å². The summed E-state index contributed by atoms with van der Waals surface area (Å²) in [5, 5.41) is 3.40. The van der Waals surface area contributed by atoms with E-state index in [0.29, 0.717) is 22.1 Å². The van der Waals surface area contributed by atoms with E-state index in [4.69, 9.17) is 16.3 Å². The van der Waals surface area contributed by atoms with E-state index in [0.717, 1.165) is 16.7 Å². The van der Waals surface area contributed by atoms with Crippen molar-refractivity contribution < 1.29 is 17.9 Å². The van der Waals surface area contributed by atoms with Gasteiger partial charge >= 0.3 is 0 Å². The van der Waals surface area contributed by atoms with Gasteiger partial charge in [0.2, 0.25) is 0 Å². The molecule has 8 heteroatoms. The number of para-hydroxylation sites is 1.